The number of aromatic nitrogens is 2. The third kappa shape index (κ3) is 2.79. The first kappa shape index (κ1) is 12.7. The van der Waals surface area contributed by atoms with E-state index in [9.17, 15) is 0 Å². The Morgan fingerprint density at radius 2 is 2.10 bits per heavy atom. The largest absolute Gasteiger partial charge is 0.469 e. The van der Waals surface area contributed by atoms with Gasteiger partial charge in [0.2, 0.25) is 0 Å². The lowest BCUT2D eigenvalue weighted by molar-refractivity contribution is 0.495. The number of hydrogen-bond donors (Lipinski definition) is 1. The lowest BCUT2D eigenvalue weighted by atomic mass is 10.1. The Labute approximate surface area is 117 Å². The highest BCUT2D eigenvalue weighted by Gasteiger charge is 2.08. The molecule has 0 radical (unpaired) electrons. The molecule has 2 aromatic heterocycles. The number of hydrogen-bond acceptors (Lipinski definition) is 4. The minimum Gasteiger partial charge on any atom is -0.469 e. The molecule has 0 fully saturated rings. The fourth-order valence-electron chi connectivity index (χ4n) is 2.25. The van der Waals surface area contributed by atoms with Gasteiger partial charge >= 0.3 is 0 Å². The van der Waals surface area contributed by atoms with Gasteiger partial charge in [-0.25, -0.2) is 0 Å². The maximum Gasteiger partial charge on any atom is 0.156 e. The van der Waals surface area contributed by atoms with Crippen molar-refractivity contribution < 1.29 is 4.42 Å². The molecule has 3 aromatic rings. The highest BCUT2D eigenvalue weighted by atomic mass is 16.3. The highest BCUT2D eigenvalue weighted by molar-refractivity contribution is 5.90. The Morgan fingerprint density at radius 3 is 2.95 bits per heavy atom. The van der Waals surface area contributed by atoms with Crippen molar-refractivity contribution >= 4 is 16.6 Å². The van der Waals surface area contributed by atoms with Crippen LogP contribution in [0.3, 0.4) is 0 Å². The van der Waals surface area contributed by atoms with Crippen molar-refractivity contribution in [1.29, 1.82) is 0 Å². The molecule has 3 rings (SSSR count). The molecule has 0 amide bonds. The van der Waals surface area contributed by atoms with Gasteiger partial charge in [-0.15, -0.1) is 5.10 Å². The van der Waals surface area contributed by atoms with Crippen LogP contribution < -0.4 is 5.32 Å². The number of benzene rings is 1. The summed E-state index contributed by atoms with van der Waals surface area (Å²) in [7, 11) is 0. The maximum atomic E-state index is 5.35. The van der Waals surface area contributed by atoms with E-state index in [0.29, 0.717) is 6.04 Å². The second-order valence-corrected chi connectivity index (χ2v) is 4.94. The molecule has 0 bridgehead atoms. The number of aryl methyl sites for hydroxylation is 1. The molecule has 1 unspecified atom stereocenters. The summed E-state index contributed by atoms with van der Waals surface area (Å²) in [5.41, 5.74) is 0. The molecule has 1 atom stereocenters. The third-order valence-electron chi connectivity index (χ3n) is 3.36. The molecule has 0 saturated heterocycles. The smallest absolute Gasteiger partial charge is 0.156 e. The van der Waals surface area contributed by atoms with Crippen LogP contribution in [0.15, 0.2) is 53.3 Å². The van der Waals surface area contributed by atoms with E-state index < -0.39 is 0 Å². The van der Waals surface area contributed by atoms with E-state index >= 15 is 0 Å². The number of anilines is 1. The molecular weight excluding hydrogens is 250 g/mol. The van der Waals surface area contributed by atoms with Gasteiger partial charge in [-0.3, -0.25) is 0 Å². The molecule has 4 heteroatoms. The summed E-state index contributed by atoms with van der Waals surface area (Å²) < 4.78 is 5.35. The zero-order chi connectivity index (χ0) is 13.8. The van der Waals surface area contributed by atoms with Crippen molar-refractivity contribution in [3.63, 3.8) is 0 Å². The van der Waals surface area contributed by atoms with Crippen LogP contribution in [0.5, 0.6) is 0 Å². The summed E-state index contributed by atoms with van der Waals surface area (Å²) in [5, 5.41) is 13.9. The lowest BCUT2D eigenvalue weighted by Crippen LogP contribution is -2.17. The minimum absolute atomic E-state index is 0.306. The van der Waals surface area contributed by atoms with E-state index in [4.69, 9.17) is 4.42 Å². The summed E-state index contributed by atoms with van der Waals surface area (Å²) in [6.45, 7) is 2.15. The Morgan fingerprint density at radius 1 is 1.20 bits per heavy atom. The average molecular weight is 267 g/mol. The van der Waals surface area contributed by atoms with Gasteiger partial charge in [0.1, 0.15) is 5.76 Å². The van der Waals surface area contributed by atoms with Crippen LogP contribution in [0.4, 0.5) is 5.82 Å². The van der Waals surface area contributed by atoms with Crippen molar-refractivity contribution in [2.45, 2.75) is 25.8 Å². The molecule has 1 N–H and O–H groups in total. The van der Waals surface area contributed by atoms with Gasteiger partial charge < -0.3 is 9.73 Å². The maximum absolute atomic E-state index is 5.35. The van der Waals surface area contributed by atoms with Gasteiger partial charge in [0.05, 0.1) is 12.5 Å². The standard InChI is InChI=1S/C16H17N3O/c1-12(8-9-14-6-4-10-20-14)18-16-15-7-3-2-5-13(15)11-17-19-16/h2-7,10-12H,8-9H2,1H3,(H,18,19). The third-order valence-corrected chi connectivity index (χ3v) is 3.36. The fraction of sp³-hybridized carbons (Fsp3) is 0.250. The molecule has 1 aromatic carbocycles. The average Bonchev–Trinajstić information content (AvgIpc) is 2.99. The van der Waals surface area contributed by atoms with Crippen molar-refractivity contribution in [1.82, 2.24) is 10.2 Å². The molecule has 0 aliphatic carbocycles. The van der Waals surface area contributed by atoms with Gasteiger partial charge in [0, 0.05) is 23.2 Å². The number of furan rings is 1. The first-order chi connectivity index (χ1) is 9.83. The quantitative estimate of drug-likeness (QED) is 0.766. The summed E-state index contributed by atoms with van der Waals surface area (Å²) in [6, 6.07) is 12.4. The van der Waals surface area contributed by atoms with Crippen LogP contribution >= 0.6 is 0 Å². The lowest BCUT2D eigenvalue weighted by Gasteiger charge is -2.14. The van der Waals surface area contributed by atoms with E-state index in [-0.39, 0.29) is 0 Å². The molecule has 0 aliphatic heterocycles. The summed E-state index contributed by atoms with van der Waals surface area (Å²) in [4.78, 5) is 0. The Kier molecular flexibility index (Phi) is 3.63. The van der Waals surface area contributed by atoms with E-state index in [0.717, 1.165) is 35.2 Å². The SMILES string of the molecule is CC(CCc1ccco1)Nc1nncc2ccccc12. The van der Waals surface area contributed by atoms with Crippen molar-refractivity contribution in [3.05, 3.63) is 54.6 Å². The number of fused-ring (bicyclic) bond motifs is 1. The van der Waals surface area contributed by atoms with Gasteiger partial charge in [-0.2, -0.15) is 5.10 Å². The van der Waals surface area contributed by atoms with Crippen LogP contribution in [0, 0.1) is 0 Å². The second-order valence-electron chi connectivity index (χ2n) is 4.94. The first-order valence-corrected chi connectivity index (χ1v) is 6.82. The predicted molar refractivity (Wildman–Crippen MR) is 79.7 cm³/mol. The molecule has 0 aliphatic rings. The van der Waals surface area contributed by atoms with E-state index in [1.807, 2.05) is 30.3 Å². The van der Waals surface area contributed by atoms with Crippen molar-refractivity contribution in [2.75, 3.05) is 5.32 Å². The van der Waals surface area contributed by atoms with Gasteiger partial charge in [-0.1, -0.05) is 24.3 Å². The van der Waals surface area contributed by atoms with Gasteiger partial charge in [-0.05, 0) is 25.5 Å². The van der Waals surface area contributed by atoms with Crippen LogP contribution in [-0.2, 0) is 6.42 Å². The summed E-state index contributed by atoms with van der Waals surface area (Å²) >= 11 is 0. The highest BCUT2D eigenvalue weighted by Crippen LogP contribution is 2.20. The Hall–Kier alpha value is -2.36. The van der Waals surface area contributed by atoms with Crippen LogP contribution in [0.25, 0.3) is 10.8 Å². The molecule has 2 heterocycles. The molecule has 4 nitrogen and oxygen atoms in total. The topological polar surface area (TPSA) is 51.0 Å². The van der Waals surface area contributed by atoms with Gasteiger partial charge in [0.25, 0.3) is 0 Å². The van der Waals surface area contributed by atoms with Crippen molar-refractivity contribution in [2.24, 2.45) is 0 Å². The summed E-state index contributed by atoms with van der Waals surface area (Å²) in [5.74, 6) is 1.86. The molecule has 0 saturated carbocycles. The zero-order valence-electron chi connectivity index (χ0n) is 11.4. The first-order valence-electron chi connectivity index (χ1n) is 6.82. The second kappa shape index (κ2) is 5.74. The molecule has 20 heavy (non-hydrogen) atoms. The Bertz CT molecular complexity index is 674. The minimum atomic E-state index is 0.306. The Balaban J connectivity index is 1.69. The fourth-order valence-corrected chi connectivity index (χ4v) is 2.25. The molecule has 0 spiro atoms. The van der Waals surface area contributed by atoms with Crippen LogP contribution in [0.2, 0.25) is 0 Å². The zero-order valence-corrected chi connectivity index (χ0v) is 11.4. The molecule has 102 valence electrons. The molecular formula is C16H17N3O. The number of nitrogens with one attached hydrogen (secondary N) is 1. The monoisotopic (exact) mass is 267 g/mol. The number of nitrogens with zero attached hydrogens (tertiary/aromatic N) is 2. The predicted octanol–water partition coefficient (Wildman–Crippen LogP) is 3.66. The van der Waals surface area contributed by atoms with E-state index in [2.05, 4.69) is 28.5 Å². The van der Waals surface area contributed by atoms with Crippen LogP contribution in [-0.4, -0.2) is 16.2 Å². The normalized spacial score (nSPS) is 12.4. The van der Waals surface area contributed by atoms with Gasteiger partial charge in [0.15, 0.2) is 5.82 Å². The van der Waals surface area contributed by atoms with Crippen molar-refractivity contribution in [3.8, 4) is 0 Å². The summed E-state index contributed by atoms with van der Waals surface area (Å²) in [6.07, 6.45) is 5.40. The number of rotatable bonds is 5. The van der Waals surface area contributed by atoms with E-state index in [1.165, 1.54) is 0 Å². The van der Waals surface area contributed by atoms with Crippen LogP contribution in [0.1, 0.15) is 19.1 Å². The van der Waals surface area contributed by atoms with E-state index in [1.54, 1.807) is 12.5 Å².